The molecule has 0 aliphatic rings. The highest BCUT2D eigenvalue weighted by Crippen LogP contribution is 2.33. The van der Waals surface area contributed by atoms with Crippen molar-refractivity contribution < 1.29 is 86.0 Å². The van der Waals surface area contributed by atoms with Crippen LogP contribution in [-0.2, 0) is 42.9 Å². The van der Waals surface area contributed by atoms with Crippen molar-refractivity contribution in [1.29, 1.82) is 0 Å². The maximum atomic E-state index is 12.3. The number of carbonyl (C=O) groups is 4. The molecule has 264 valence electrons. The summed E-state index contributed by atoms with van der Waals surface area (Å²) in [6.45, 7) is 11.3. The minimum atomic E-state index is -4.98. The van der Waals surface area contributed by atoms with Crippen LogP contribution in [0, 0.1) is 0 Å². The van der Waals surface area contributed by atoms with Gasteiger partial charge >= 0.3 is 37.7 Å². The fraction of sp³-hybridized carbons (Fsp3) is 0.769. The molecule has 0 saturated carbocycles. The molecule has 0 aliphatic heterocycles. The Labute approximate surface area is 254 Å². The number of rotatable bonds is 8. The molecule has 0 rings (SSSR count). The average molecular weight is 666 g/mol. The summed E-state index contributed by atoms with van der Waals surface area (Å²) in [5.74, 6) is -5.14. The highest BCUT2D eigenvalue weighted by molar-refractivity contribution is 5.77. The lowest BCUT2D eigenvalue weighted by atomic mass is 10.0. The fourth-order valence-electron chi connectivity index (χ4n) is 1.52. The molecule has 2 unspecified atom stereocenters. The maximum Gasteiger partial charge on any atom is 1.00 e. The molecule has 0 amide bonds. The van der Waals surface area contributed by atoms with Gasteiger partial charge in [-0.05, 0) is 48.5 Å². The van der Waals surface area contributed by atoms with Crippen molar-refractivity contribution in [1.82, 2.24) is 0 Å². The predicted molar refractivity (Wildman–Crippen MR) is 145 cm³/mol. The number of esters is 3. The van der Waals surface area contributed by atoms with Crippen molar-refractivity contribution in [3.05, 3.63) is 12.2 Å². The standard InChI is InChI=1S/C11H17F3O5.C7H9F3O5.C4H8.2C2H6O/c1-9(2,3)19-8(16)6-18-7(15)5-10(4,17)11(12,13)14;1-6(14,7(8,9)10)2-5(13)15-3-4(11)12;1-4(2)3;2*1-3-2/h17H,5-6H2,1-4H3;14H,2-3H2,1H3,(H,11,12);1H2,2-3H3;2*1-2H3/p+1. The predicted octanol–water partition coefficient (Wildman–Crippen LogP) is 4.11. The molecule has 18 heteroatoms. The second-order valence-corrected chi connectivity index (χ2v) is 10.2. The van der Waals surface area contributed by atoms with Gasteiger partial charge in [-0.1, -0.05) is 5.57 Å². The molecular formula is C26H47F6O12+. The van der Waals surface area contributed by atoms with E-state index in [9.17, 15) is 45.5 Å². The normalized spacial score (nSPS) is 13.4. The van der Waals surface area contributed by atoms with E-state index in [1.807, 2.05) is 13.8 Å². The molecule has 2 atom stereocenters. The number of hydrogen-bond donors (Lipinski definition) is 3. The van der Waals surface area contributed by atoms with Crippen LogP contribution in [0.25, 0.3) is 0 Å². The van der Waals surface area contributed by atoms with Gasteiger partial charge in [-0.2, -0.15) is 26.3 Å². The number of aliphatic carboxylic acids is 1. The van der Waals surface area contributed by atoms with Crippen molar-refractivity contribution in [2.75, 3.05) is 41.7 Å². The summed E-state index contributed by atoms with van der Waals surface area (Å²) in [5.41, 5.74) is -6.04. The van der Waals surface area contributed by atoms with Crippen molar-refractivity contribution in [3.8, 4) is 0 Å². The lowest BCUT2D eigenvalue weighted by molar-refractivity contribution is -0.255. The first-order valence-corrected chi connectivity index (χ1v) is 12.1. The molecule has 0 heterocycles. The van der Waals surface area contributed by atoms with E-state index < -0.39 is 79.1 Å². The van der Waals surface area contributed by atoms with E-state index in [1.165, 1.54) is 5.57 Å². The summed E-state index contributed by atoms with van der Waals surface area (Å²) in [4.78, 5) is 42.8. The SMILES string of the molecule is C=C(C)C.CC(C)(C)OC(=O)COC(=O)CC(C)(O)C(F)(F)F.CC(O)(CC(=O)OCC(=O)O)C(F)(F)F.COC.COC.[H+]. The van der Waals surface area contributed by atoms with Crippen LogP contribution in [0.5, 0.6) is 0 Å². The number of carbonyl (C=O) groups excluding carboxylic acids is 3. The van der Waals surface area contributed by atoms with E-state index >= 15 is 0 Å². The molecular weight excluding hydrogens is 618 g/mol. The molecule has 0 bridgehead atoms. The Kier molecular flexibility index (Phi) is 27.0. The Morgan fingerprint density at radius 3 is 1.11 bits per heavy atom. The van der Waals surface area contributed by atoms with E-state index in [1.54, 1.807) is 49.2 Å². The quantitative estimate of drug-likeness (QED) is 0.147. The first kappa shape index (κ1) is 50.7. The molecule has 0 fully saturated rings. The van der Waals surface area contributed by atoms with Crippen LogP contribution < -0.4 is 0 Å². The number of aliphatic hydroxyl groups is 2. The minimum Gasteiger partial charge on any atom is -0.479 e. The van der Waals surface area contributed by atoms with Crippen LogP contribution in [0.15, 0.2) is 12.2 Å². The first-order chi connectivity index (χ1) is 19.4. The second-order valence-electron chi connectivity index (χ2n) is 10.2. The summed E-state index contributed by atoms with van der Waals surface area (Å²) in [7, 11) is 6.50. The average Bonchev–Trinajstić information content (AvgIpc) is 2.74. The number of allylic oxidation sites excluding steroid dienone is 1. The number of halogens is 6. The Morgan fingerprint density at radius 1 is 0.659 bits per heavy atom. The van der Waals surface area contributed by atoms with Gasteiger partial charge < -0.3 is 39.0 Å². The number of methoxy groups -OCH3 is 2. The molecule has 0 spiro atoms. The summed E-state index contributed by atoms with van der Waals surface area (Å²) < 4.78 is 94.4. The number of ether oxygens (including phenoxy) is 5. The highest BCUT2D eigenvalue weighted by Gasteiger charge is 2.52. The second kappa shape index (κ2) is 23.4. The van der Waals surface area contributed by atoms with E-state index in [2.05, 4.69) is 25.5 Å². The van der Waals surface area contributed by atoms with Gasteiger partial charge in [0.15, 0.2) is 24.4 Å². The minimum absolute atomic E-state index is 0. The van der Waals surface area contributed by atoms with Gasteiger partial charge in [-0.15, -0.1) is 6.58 Å². The van der Waals surface area contributed by atoms with Crippen LogP contribution in [0.4, 0.5) is 26.3 Å². The molecule has 0 aromatic rings. The van der Waals surface area contributed by atoms with Crippen molar-refractivity contribution in [2.45, 2.75) is 90.5 Å². The van der Waals surface area contributed by atoms with Crippen molar-refractivity contribution >= 4 is 23.9 Å². The van der Waals surface area contributed by atoms with Crippen LogP contribution >= 0.6 is 0 Å². The monoisotopic (exact) mass is 665 g/mol. The third kappa shape index (κ3) is 35.2. The number of carboxylic acids is 1. The number of alkyl halides is 6. The van der Waals surface area contributed by atoms with E-state index in [0.29, 0.717) is 13.8 Å². The van der Waals surface area contributed by atoms with Gasteiger partial charge in [0.1, 0.15) is 5.60 Å². The summed E-state index contributed by atoms with van der Waals surface area (Å²) in [6, 6.07) is 0. The highest BCUT2D eigenvalue weighted by atomic mass is 19.4. The zero-order valence-corrected chi connectivity index (χ0v) is 26.8. The number of hydrogen-bond acceptors (Lipinski definition) is 11. The number of carboxylic acid groups (broad SMARTS) is 1. The van der Waals surface area contributed by atoms with Crippen LogP contribution in [-0.4, -0.2) is 110 Å². The Hall–Kier alpha value is -2.96. The molecule has 12 nitrogen and oxygen atoms in total. The van der Waals surface area contributed by atoms with Crippen molar-refractivity contribution in [2.24, 2.45) is 0 Å². The largest absolute Gasteiger partial charge is 1.00 e. The molecule has 0 aromatic heterocycles. The third-order valence-corrected chi connectivity index (χ3v) is 3.33. The summed E-state index contributed by atoms with van der Waals surface area (Å²) >= 11 is 0. The Bertz CT molecular complexity index is 847. The van der Waals surface area contributed by atoms with Crippen LogP contribution in [0.1, 0.15) is 62.7 Å². The lowest BCUT2D eigenvalue weighted by Gasteiger charge is -2.25. The van der Waals surface area contributed by atoms with Gasteiger partial charge in [0.05, 0.1) is 12.8 Å². The zero-order chi connectivity index (χ0) is 36.8. The molecule has 0 aromatic carbocycles. The van der Waals surface area contributed by atoms with Crippen LogP contribution in [0.3, 0.4) is 0 Å². The molecule has 3 N–H and O–H groups in total. The van der Waals surface area contributed by atoms with Gasteiger partial charge in [0, 0.05) is 28.4 Å². The van der Waals surface area contributed by atoms with Crippen molar-refractivity contribution in [3.63, 3.8) is 0 Å². The van der Waals surface area contributed by atoms with E-state index in [-0.39, 0.29) is 1.43 Å². The van der Waals surface area contributed by atoms with E-state index in [4.69, 9.17) is 20.1 Å². The van der Waals surface area contributed by atoms with E-state index in [0.717, 1.165) is 0 Å². The van der Waals surface area contributed by atoms with Gasteiger partial charge in [0.25, 0.3) is 0 Å². The Balaban J connectivity index is -0.000000129. The zero-order valence-electron chi connectivity index (χ0n) is 27.8. The first-order valence-electron chi connectivity index (χ1n) is 12.1. The molecule has 0 saturated heterocycles. The lowest BCUT2D eigenvalue weighted by Crippen LogP contribution is -2.44. The third-order valence-electron chi connectivity index (χ3n) is 3.33. The molecule has 0 aliphatic carbocycles. The molecule has 44 heavy (non-hydrogen) atoms. The fourth-order valence-corrected chi connectivity index (χ4v) is 1.52. The smallest absolute Gasteiger partial charge is 0.479 e. The summed E-state index contributed by atoms with van der Waals surface area (Å²) in [6.07, 6.45) is -12.6. The molecule has 0 radical (unpaired) electrons. The van der Waals surface area contributed by atoms with Gasteiger partial charge in [-0.3, -0.25) is 9.59 Å². The topological polar surface area (TPSA) is 175 Å². The summed E-state index contributed by atoms with van der Waals surface area (Å²) in [5, 5.41) is 25.9. The Morgan fingerprint density at radius 2 is 0.909 bits per heavy atom. The maximum absolute atomic E-state index is 12.3. The van der Waals surface area contributed by atoms with Gasteiger partial charge in [-0.25, -0.2) is 9.59 Å². The van der Waals surface area contributed by atoms with Crippen LogP contribution in [0.2, 0.25) is 0 Å². The van der Waals surface area contributed by atoms with Gasteiger partial charge in [0.2, 0.25) is 0 Å².